The van der Waals surface area contributed by atoms with Gasteiger partial charge in [0.25, 0.3) is 0 Å². The highest BCUT2D eigenvalue weighted by atomic mass is 15.3. The Kier molecular flexibility index (Phi) is 2.09. The van der Waals surface area contributed by atoms with Crippen LogP contribution >= 0.6 is 0 Å². The van der Waals surface area contributed by atoms with E-state index >= 15 is 0 Å². The van der Waals surface area contributed by atoms with Crippen molar-refractivity contribution in [2.75, 3.05) is 0 Å². The molecule has 0 amide bonds. The molecule has 1 fully saturated rings. The summed E-state index contributed by atoms with van der Waals surface area (Å²) in [5.74, 6) is 0.730. The van der Waals surface area contributed by atoms with Gasteiger partial charge in [0.05, 0.1) is 11.7 Å². The molecule has 2 aliphatic rings. The SMILES string of the molecule is CC1CCc2cn(C)nc2C1NC1CC1. The Bertz CT molecular complexity index is 365. The molecule has 82 valence electrons. The predicted octanol–water partition coefficient (Wildman–Crippen LogP) is 1.80. The number of aryl methyl sites for hydroxylation is 2. The van der Waals surface area contributed by atoms with Crippen LogP contribution in [0.5, 0.6) is 0 Å². The minimum Gasteiger partial charge on any atom is -0.306 e. The second kappa shape index (κ2) is 3.34. The van der Waals surface area contributed by atoms with Gasteiger partial charge in [0.2, 0.25) is 0 Å². The molecule has 3 rings (SSSR count). The monoisotopic (exact) mass is 205 g/mol. The fraction of sp³-hybridized carbons (Fsp3) is 0.750. The molecular weight excluding hydrogens is 186 g/mol. The number of hydrogen-bond donors (Lipinski definition) is 1. The zero-order valence-electron chi connectivity index (χ0n) is 9.53. The Morgan fingerprint density at radius 2 is 2.20 bits per heavy atom. The highest BCUT2D eigenvalue weighted by molar-refractivity contribution is 5.25. The number of aromatic nitrogens is 2. The predicted molar refractivity (Wildman–Crippen MR) is 59.6 cm³/mol. The molecule has 0 spiro atoms. The van der Waals surface area contributed by atoms with E-state index in [2.05, 4.69) is 23.5 Å². The van der Waals surface area contributed by atoms with Crippen molar-refractivity contribution in [3.63, 3.8) is 0 Å². The molecule has 2 atom stereocenters. The van der Waals surface area contributed by atoms with Gasteiger partial charge in [0, 0.05) is 19.3 Å². The molecule has 15 heavy (non-hydrogen) atoms. The minimum absolute atomic E-state index is 0.502. The van der Waals surface area contributed by atoms with Crippen molar-refractivity contribution in [1.82, 2.24) is 15.1 Å². The summed E-state index contributed by atoms with van der Waals surface area (Å²) >= 11 is 0. The van der Waals surface area contributed by atoms with Crippen molar-refractivity contribution in [3.8, 4) is 0 Å². The van der Waals surface area contributed by atoms with Gasteiger partial charge in [-0.15, -0.1) is 0 Å². The summed E-state index contributed by atoms with van der Waals surface area (Å²) in [6.07, 6.45) is 7.38. The molecule has 1 heterocycles. The zero-order chi connectivity index (χ0) is 10.4. The third-order valence-electron chi connectivity index (χ3n) is 3.66. The first-order valence-corrected chi connectivity index (χ1v) is 6.02. The first-order chi connectivity index (χ1) is 7.24. The van der Waals surface area contributed by atoms with E-state index in [0.29, 0.717) is 6.04 Å². The molecule has 0 aromatic carbocycles. The Morgan fingerprint density at radius 1 is 1.40 bits per heavy atom. The van der Waals surface area contributed by atoms with Crippen LogP contribution < -0.4 is 5.32 Å². The van der Waals surface area contributed by atoms with Gasteiger partial charge in [0.1, 0.15) is 0 Å². The van der Waals surface area contributed by atoms with E-state index in [0.717, 1.165) is 12.0 Å². The Morgan fingerprint density at radius 3 is 2.93 bits per heavy atom. The van der Waals surface area contributed by atoms with Crippen LogP contribution in [0.2, 0.25) is 0 Å². The third kappa shape index (κ3) is 1.69. The van der Waals surface area contributed by atoms with Gasteiger partial charge in [-0.05, 0) is 37.2 Å². The number of fused-ring (bicyclic) bond motifs is 1. The number of nitrogens with zero attached hydrogens (tertiary/aromatic N) is 2. The molecule has 1 saturated carbocycles. The average molecular weight is 205 g/mol. The quantitative estimate of drug-likeness (QED) is 0.798. The van der Waals surface area contributed by atoms with Crippen LogP contribution in [-0.2, 0) is 13.5 Å². The zero-order valence-corrected chi connectivity index (χ0v) is 9.53. The summed E-state index contributed by atoms with van der Waals surface area (Å²) < 4.78 is 1.96. The van der Waals surface area contributed by atoms with E-state index < -0.39 is 0 Å². The number of rotatable bonds is 2. The van der Waals surface area contributed by atoms with Gasteiger partial charge in [0.15, 0.2) is 0 Å². The molecule has 1 N–H and O–H groups in total. The van der Waals surface area contributed by atoms with Gasteiger partial charge >= 0.3 is 0 Å². The highest BCUT2D eigenvalue weighted by Crippen LogP contribution is 2.35. The van der Waals surface area contributed by atoms with Crippen LogP contribution in [0.3, 0.4) is 0 Å². The van der Waals surface area contributed by atoms with Crippen molar-refractivity contribution in [2.24, 2.45) is 13.0 Å². The van der Waals surface area contributed by atoms with Gasteiger partial charge < -0.3 is 5.32 Å². The van der Waals surface area contributed by atoms with Crippen LogP contribution in [0, 0.1) is 5.92 Å². The van der Waals surface area contributed by atoms with E-state index in [1.165, 1.54) is 36.9 Å². The maximum atomic E-state index is 4.62. The first kappa shape index (κ1) is 9.40. The van der Waals surface area contributed by atoms with Crippen LogP contribution in [0.25, 0.3) is 0 Å². The lowest BCUT2D eigenvalue weighted by atomic mass is 9.85. The van der Waals surface area contributed by atoms with Crippen LogP contribution in [0.1, 0.15) is 43.5 Å². The van der Waals surface area contributed by atoms with E-state index in [-0.39, 0.29) is 0 Å². The van der Waals surface area contributed by atoms with E-state index in [1.54, 1.807) is 0 Å². The van der Waals surface area contributed by atoms with Crippen LogP contribution in [-0.4, -0.2) is 15.8 Å². The van der Waals surface area contributed by atoms with Crippen molar-refractivity contribution in [3.05, 3.63) is 17.5 Å². The van der Waals surface area contributed by atoms with Crippen molar-refractivity contribution >= 4 is 0 Å². The summed E-state index contributed by atoms with van der Waals surface area (Å²) in [5, 5.41) is 8.35. The van der Waals surface area contributed by atoms with Crippen molar-refractivity contribution in [1.29, 1.82) is 0 Å². The van der Waals surface area contributed by atoms with E-state index in [4.69, 9.17) is 0 Å². The molecule has 0 radical (unpaired) electrons. The van der Waals surface area contributed by atoms with Crippen LogP contribution in [0.15, 0.2) is 6.20 Å². The van der Waals surface area contributed by atoms with Gasteiger partial charge in [-0.1, -0.05) is 6.92 Å². The van der Waals surface area contributed by atoms with Crippen LogP contribution in [0.4, 0.5) is 0 Å². The Labute approximate surface area is 90.9 Å². The molecule has 0 saturated heterocycles. The highest BCUT2D eigenvalue weighted by Gasteiger charge is 2.33. The largest absolute Gasteiger partial charge is 0.306 e. The molecule has 2 unspecified atom stereocenters. The maximum absolute atomic E-state index is 4.62. The topological polar surface area (TPSA) is 29.9 Å². The smallest absolute Gasteiger partial charge is 0.0828 e. The maximum Gasteiger partial charge on any atom is 0.0828 e. The number of nitrogens with one attached hydrogen (secondary N) is 1. The minimum atomic E-state index is 0.502. The van der Waals surface area contributed by atoms with Gasteiger partial charge in [-0.2, -0.15) is 5.10 Å². The average Bonchev–Trinajstić information content (AvgIpc) is 2.93. The summed E-state index contributed by atoms with van der Waals surface area (Å²) in [6, 6.07) is 1.27. The molecule has 0 bridgehead atoms. The van der Waals surface area contributed by atoms with Gasteiger partial charge in [-0.25, -0.2) is 0 Å². The third-order valence-corrected chi connectivity index (χ3v) is 3.66. The van der Waals surface area contributed by atoms with Gasteiger partial charge in [-0.3, -0.25) is 4.68 Å². The van der Waals surface area contributed by atoms with Crippen molar-refractivity contribution in [2.45, 2.75) is 44.7 Å². The Hall–Kier alpha value is -0.830. The lowest BCUT2D eigenvalue weighted by Crippen LogP contribution is -2.32. The first-order valence-electron chi connectivity index (χ1n) is 6.02. The van der Waals surface area contributed by atoms with Crippen molar-refractivity contribution < 1.29 is 0 Å². The summed E-state index contributed by atoms with van der Waals surface area (Å²) in [4.78, 5) is 0. The lowest BCUT2D eigenvalue weighted by molar-refractivity contribution is 0.335. The lowest BCUT2D eigenvalue weighted by Gasteiger charge is -2.28. The summed E-state index contributed by atoms with van der Waals surface area (Å²) in [5.41, 5.74) is 2.76. The fourth-order valence-electron chi connectivity index (χ4n) is 2.58. The number of hydrogen-bond acceptors (Lipinski definition) is 2. The second-order valence-corrected chi connectivity index (χ2v) is 5.15. The molecule has 1 aromatic rings. The molecule has 3 nitrogen and oxygen atoms in total. The Balaban J connectivity index is 1.89. The molecule has 1 aromatic heterocycles. The molecule has 0 aliphatic heterocycles. The molecule has 2 aliphatic carbocycles. The normalized spacial score (nSPS) is 30.3. The van der Waals surface area contributed by atoms with E-state index in [9.17, 15) is 0 Å². The summed E-state index contributed by atoms with van der Waals surface area (Å²) in [7, 11) is 2.02. The standard InChI is InChI=1S/C12H19N3/c1-8-3-4-9-7-15(2)14-12(9)11(8)13-10-5-6-10/h7-8,10-11,13H,3-6H2,1-2H3. The summed E-state index contributed by atoms with van der Waals surface area (Å²) in [6.45, 7) is 2.34. The van der Waals surface area contributed by atoms with E-state index in [1.807, 2.05) is 11.7 Å². The molecular formula is C12H19N3. The fourth-order valence-corrected chi connectivity index (χ4v) is 2.58. The second-order valence-electron chi connectivity index (χ2n) is 5.15. The molecule has 3 heteroatoms.